The Labute approximate surface area is 124 Å². The summed E-state index contributed by atoms with van der Waals surface area (Å²) in [5.41, 5.74) is 0. The molecule has 0 aliphatic heterocycles. The molecule has 112 valence electrons. The SMILES string of the molecule is O=S(=O)(O)c1ccc2cc(OC3CCCCC3)ccc2c1. The number of ether oxygens (including phenoxy) is 1. The van der Waals surface area contributed by atoms with Gasteiger partial charge < -0.3 is 4.74 Å². The van der Waals surface area contributed by atoms with Gasteiger partial charge in [-0.05, 0) is 60.7 Å². The Balaban J connectivity index is 1.86. The van der Waals surface area contributed by atoms with Gasteiger partial charge in [0.15, 0.2) is 0 Å². The molecule has 2 aromatic rings. The molecule has 0 saturated heterocycles. The van der Waals surface area contributed by atoms with Gasteiger partial charge in [-0.1, -0.05) is 18.6 Å². The predicted molar refractivity (Wildman–Crippen MR) is 81.3 cm³/mol. The van der Waals surface area contributed by atoms with Crippen molar-refractivity contribution < 1.29 is 17.7 Å². The van der Waals surface area contributed by atoms with Crippen LogP contribution in [0.25, 0.3) is 10.8 Å². The van der Waals surface area contributed by atoms with Crippen molar-refractivity contribution in [2.45, 2.75) is 43.1 Å². The number of hydrogen-bond acceptors (Lipinski definition) is 3. The zero-order chi connectivity index (χ0) is 14.9. The van der Waals surface area contributed by atoms with E-state index in [1.54, 1.807) is 6.07 Å². The summed E-state index contributed by atoms with van der Waals surface area (Å²) in [6, 6.07) is 10.1. The highest BCUT2D eigenvalue weighted by Gasteiger charge is 2.15. The Morgan fingerprint density at radius 2 is 1.62 bits per heavy atom. The zero-order valence-corrected chi connectivity index (χ0v) is 12.5. The van der Waals surface area contributed by atoms with Crippen LogP contribution in [0, 0.1) is 0 Å². The monoisotopic (exact) mass is 306 g/mol. The molecule has 5 heteroatoms. The summed E-state index contributed by atoms with van der Waals surface area (Å²) >= 11 is 0. The molecule has 0 aromatic heterocycles. The second-order valence-corrected chi connectivity index (χ2v) is 6.95. The van der Waals surface area contributed by atoms with Crippen LogP contribution < -0.4 is 4.74 Å². The van der Waals surface area contributed by atoms with E-state index in [1.807, 2.05) is 18.2 Å². The van der Waals surface area contributed by atoms with Crippen LogP contribution >= 0.6 is 0 Å². The summed E-state index contributed by atoms with van der Waals surface area (Å²) < 4.78 is 37.3. The Bertz CT molecular complexity index is 746. The van der Waals surface area contributed by atoms with E-state index in [2.05, 4.69) is 0 Å². The standard InChI is InChI=1S/C16H18O4S/c17-21(18,19)16-9-7-12-10-15(8-6-13(12)11-16)20-14-4-2-1-3-5-14/h6-11,14H,1-5H2,(H,17,18,19). The fourth-order valence-electron chi connectivity index (χ4n) is 2.81. The molecule has 1 N–H and O–H groups in total. The number of fused-ring (bicyclic) bond motifs is 1. The molecule has 1 aliphatic rings. The topological polar surface area (TPSA) is 63.6 Å². The van der Waals surface area contributed by atoms with E-state index >= 15 is 0 Å². The molecule has 21 heavy (non-hydrogen) atoms. The third kappa shape index (κ3) is 3.36. The third-order valence-electron chi connectivity index (χ3n) is 3.94. The van der Waals surface area contributed by atoms with Gasteiger partial charge in [-0.3, -0.25) is 4.55 Å². The van der Waals surface area contributed by atoms with Crippen molar-refractivity contribution in [3.8, 4) is 5.75 Å². The van der Waals surface area contributed by atoms with Gasteiger partial charge in [0.25, 0.3) is 10.1 Å². The van der Waals surface area contributed by atoms with Gasteiger partial charge in [0, 0.05) is 0 Å². The van der Waals surface area contributed by atoms with E-state index < -0.39 is 10.1 Å². The smallest absolute Gasteiger partial charge is 0.294 e. The van der Waals surface area contributed by atoms with Crippen molar-refractivity contribution >= 4 is 20.9 Å². The number of rotatable bonds is 3. The van der Waals surface area contributed by atoms with Crippen molar-refractivity contribution in [1.82, 2.24) is 0 Å². The van der Waals surface area contributed by atoms with Crippen molar-refractivity contribution in [3.05, 3.63) is 36.4 Å². The summed E-state index contributed by atoms with van der Waals surface area (Å²) in [6.07, 6.45) is 6.20. The molecule has 1 saturated carbocycles. The highest BCUT2D eigenvalue weighted by Crippen LogP contribution is 2.27. The van der Waals surface area contributed by atoms with Crippen LogP contribution in [-0.4, -0.2) is 19.1 Å². The average Bonchev–Trinajstić information content (AvgIpc) is 2.47. The second kappa shape index (κ2) is 5.66. The molecule has 0 heterocycles. The Hall–Kier alpha value is -1.59. The second-order valence-electron chi connectivity index (χ2n) is 5.52. The van der Waals surface area contributed by atoms with Crippen molar-refractivity contribution in [1.29, 1.82) is 0 Å². The lowest BCUT2D eigenvalue weighted by atomic mass is 9.98. The van der Waals surface area contributed by atoms with Gasteiger partial charge in [-0.25, -0.2) is 0 Å². The molecule has 0 radical (unpaired) electrons. The highest BCUT2D eigenvalue weighted by molar-refractivity contribution is 7.85. The molecule has 0 bridgehead atoms. The molecule has 1 aliphatic carbocycles. The minimum atomic E-state index is -4.16. The number of hydrogen-bond donors (Lipinski definition) is 1. The maximum atomic E-state index is 11.1. The normalized spacial score (nSPS) is 17.0. The lowest BCUT2D eigenvalue weighted by molar-refractivity contribution is 0.155. The maximum Gasteiger partial charge on any atom is 0.294 e. The van der Waals surface area contributed by atoms with Crippen LogP contribution in [0.5, 0.6) is 5.75 Å². The van der Waals surface area contributed by atoms with Crippen LogP contribution in [0.4, 0.5) is 0 Å². The first-order valence-corrected chi connectivity index (χ1v) is 8.64. The summed E-state index contributed by atoms with van der Waals surface area (Å²) in [7, 11) is -4.16. The Kier molecular flexibility index (Phi) is 3.87. The molecule has 0 amide bonds. The molecule has 2 aromatic carbocycles. The summed E-state index contributed by atoms with van der Waals surface area (Å²) in [5, 5.41) is 1.66. The minimum absolute atomic E-state index is 0.0871. The predicted octanol–water partition coefficient (Wildman–Crippen LogP) is 3.80. The van der Waals surface area contributed by atoms with Crippen molar-refractivity contribution in [2.24, 2.45) is 0 Å². The summed E-state index contributed by atoms with van der Waals surface area (Å²) in [4.78, 5) is -0.0871. The van der Waals surface area contributed by atoms with Crippen LogP contribution in [0.1, 0.15) is 32.1 Å². The average molecular weight is 306 g/mol. The van der Waals surface area contributed by atoms with Gasteiger partial charge in [-0.15, -0.1) is 0 Å². The third-order valence-corrected chi connectivity index (χ3v) is 4.79. The van der Waals surface area contributed by atoms with Gasteiger partial charge >= 0.3 is 0 Å². The minimum Gasteiger partial charge on any atom is -0.490 e. The molecular formula is C16H18O4S. The molecule has 0 unspecified atom stereocenters. The van der Waals surface area contributed by atoms with Gasteiger partial charge in [0.1, 0.15) is 5.75 Å². The molecule has 4 nitrogen and oxygen atoms in total. The number of benzene rings is 2. The first-order chi connectivity index (χ1) is 10.0. The Morgan fingerprint density at radius 1 is 0.952 bits per heavy atom. The zero-order valence-electron chi connectivity index (χ0n) is 11.7. The van der Waals surface area contributed by atoms with E-state index in [0.717, 1.165) is 29.4 Å². The van der Waals surface area contributed by atoms with Crippen molar-refractivity contribution in [2.75, 3.05) is 0 Å². The van der Waals surface area contributed by atoms with Crippen LogP contribution in [0.3, 0.4) is 0 Å². The summed E-state index contributed by atoms with van der Waals surface area (Å²) in [6.45, 7) is 0. The van der Waals surface area contributed by atoms with Crippen molar-refractivity contribution in [3.63, 3.8) is 0 Å². The largest absolute Gasteiger partial charge is 0.490 e. The Morgan fingerprint density at radius 3 is 2.33 bits per heavy atom. The van der Waals surface area contributed by atoms with Gasteiger partial charge in [0.05, 0.1) is 11.0 Å². The first kappa shape index (κ1) is 14.4. The van der Waals surface area contributed by atoms with Crippen LogP contribution in [0.15, 0.2) is 41.3 Å². The fourth-order valence-corrected chi connectivity index (χ4v) is 3.33. The van der Waals surface area contributed by atoms with Crippen LogP contribution in [-0.2, 0) is 10.1 Å². The van der Waals surface area contributed by atoms with Gasteiger partial charge in [-0.2, -0.15) is 8.42 Å². The molecule has 1 fully saturated rings. The first-order valence-electron chi connectivity index (χ1n) is 7.20. The van der Waals surface area contributed by atoms with E-state index in [0.29, 0.717) is 0 Å². The fraction of sp³-hybridized carbons (Fsp3) is 0.375. The lowest BCUT2D eigenvalue weighted by Gasteiger charge is -2.23. The quantitative estimate of drug-likeness (QED) is 0.876. The van der Waals surface area contributed by atoms with Crippen LogP contribution in [0.2, 0.25) is 0 Å². The lowest BCUT2D eigenvalue weighted by Crippen LogP contribution is -2.19. The van der Waals surface area contributed by atoms with E-state index in [4.69, 9.17) is 9.29 Å². The molecule has 0 spiro atoms. The van der Waals surface area contributed by atoms with Gasteiger partial charge in [0.2, 0.25) is 0 Å². The summed E-state index contributed by atoms with van der Waals surface area (Å²) in [5.74, 6) is 0.814. The highest BCUT2D eigenvalue weighted by atomic mass is 32.2. The molecule has 3 rings (SSSR count). The van der Waals surface area contributed by atoms with E-state index in [9.17, 15) is 8.42 Å². The molecular weight excluding hydrogens is 288 g/mol. The molecule has 0 atom stereocenters. The van der Waals surface area contributed by atoms with E-state index in [-0.39, 0.29) is 11.0 Å². The maximum absolute atomic E-state index is 11.1. The van der Waals surface area contributed by atoms with E-state index in [1.165, 1.54) is 31.4 Å².